The van der Waals surface area contributed by atoms with Crippen molar-refractivity contribution >= 4 is 44.8 Å². The van der Waals surface area contributed by atoms with Crippen molar-refractivity contribution in [2.45, 2.75) is 42.8 Å². The molecule has 11 heteroatoms. The van der Waals surface area contributed by atoms with Gasteiger partial charge in [0.25, 0.3) is 0 Å². The Morgan fingerprint density at radius 1 is 1.38 bits per heavy atom. The highest BCUT2D eigenvalue weighted by Crippen LogP contribution is 2.42. The molecular formula is C21H23BrN6O3S. The highest BCUT2D eigenvalue weighted by molar-refractivity contribution is 9.10. The fourth-order valence-electron chi connectivity index (χ4n) is 4.16. The number of hydrogen-bond donors (Lipinski definition) is 2. The average molecular weight is 519 g/mol. The number of fused-ring (bicyclic) bond motifs is 2. The van der Waals surface area contributed by atoms with Gasteiger partial charge in [0.2, 0.25) is 12.7 Å². The quantitative estimate of drug-likeness (QED) is 0.534. The summed E-state index contributed by atoms with van der Waals surface area (Å²) in [5, 5.41) is 8.88. The third-order valence-corrected chi connectivity index (χ3v) is 7.74. The molecule has 4 heterocycles. The summed E-state index contributed by atoms with van der Waals surface area (Å²) in [5.74, 6) is 2.03. The number of halogens is 1. The number of rotatable bonds is 5. The van der Waals surface area contributed by atoms with Crippen molar-refractivity contribution in [2.24, 2.45) is 5.92 Å². The Bertz CT molecular complexity index is 1240. The first-order valence-corrected chi connectivity index (χ1v) is 12.1. The number of amides is 1. The molecule has 168 valence electrons. The van der Waals surface area contributed by atoms with Gasteiger partial charge in [0, 0.05) is 35.9 Å². The monoisotopic (exact) mass is 518 g/mol. The summed E-state index contributed by atoms with van der Waals surface area (Å²) in [6.45, 7) is 4.26. The van der Waals surface area contributed by atoms with Gasteiger partial charge in [0.1, 0.15) is 5.52 Å². The normalized spacial score (nSPS) is 17.8. The predicted molar refractivity (Wildman–Crippen MR) is 122 cm³/mol. The van der Waals surface area contributed by atoms with Crippen LogP contribution in [0.5, 0.6) is 11.5 Å². The lowest BCUT2D eigenvalue weighted by Gasteiger charge is -2.32. The molecule has 5 rings (SSSR count). The zero-order valence-corrected chi connectivity index (χ0v) is 20.0. The number of aromatic nitrogens is 4. The van der Waals surface area contributed by atoms with Crippen molar-refractivity contribution in [3.8, 4) is 11.5 Å². The predicted octanol–water partition coefficient (Wildman–Crippen LogP) is 3.53. The largest absolute Gasteiger partial charge is 0.454 e. The Kier molecular flexibility index (Phi) is 5.85. The lowest BCUT2D eigenvalue weighted by molar-refractivity contribution is -0.130. The van der Waals surface area contributed by atoms with Crippen LogP contribution < -0.4 is 15.0 Å². The number of piperidine rings is 1. The van der Waals surface area contributed by atoms with Crippen LogP contribution in [-0.2, 0) is 11.3 Å². The zero-order valence-electron chi connectivity index (χ0n) is 17.6. The highest BCUT2D eigenvalue weighted by atomic mass is 79.9. The number of aromatic amines is 1. The first kappa shape index (κ1) is 21.3. The zero-order chi connectivity index (χ0) is 22.2. The van der Waals surface area contributed by atoms with Crippen molar-refractivity contribution < 1.29 is 14.3 Å². The third-order valence-electron chi connectivity index (χ3n) is 5.87. The number of carbonyl (C=O) groups excluding carboxylic acids is 1. The summed E-state index contributed by atoms with van der Waals surface area (Å²) >= 11 is 5.04. The first-order valence-electron chi connectivity index (χ1n) is 10.5. The Morgan fingerprint density at radius 2 is 2.19 bits per heavy atom. The molecule has 1 saturated heterocycles. The maximum absolute atomic E-state index is 11.7. The van der Waals surface area contributed by atoms with Crippen LogP contribution in [0.1, 0.15) is 26.2 Å². The summed E-state index contributed by atoms with van der Waals surface area (Å²) in [6, 6.07) is 3.81. The highest BCUT2D eigenvalue weighted by Gasteiger charge is 2.22. The molecule has 0 saturated carbocycles. The van der Waals surface area contributed by atoms with E-state index in [-0.39, 0.29) is 18.2 Å². The number of H-pyrrole nitrogens is 1. The van der Waals surface area contributed by atoms with E-state index in [1.807, 2.05) is 21.6 Å². The number of ether oxygens (including phenoxy) is 2. The van der Waals surface area contributed by atoms with Gasteiger partial charge >= 0.3 is 0 Å². The second-order valence-corrected chi connectivity index (χ2v) is 9.91. The lowest BCUT2D eigenvalue weighted by Crippen LogP contribution is -2.38. The molecule has 2 aromatic heterocycles. The Labute approximate surface area is 197 Å². The summed E-state index contributed by atoms with van der Waals surface area (Å²) in [7, 11) is 0. The summed E-state index contributed by atoms with van der Waals surface area (Å²) in [5.41, 5.74) is 1.49. The number of nitrogens with zero attached hydrogens (tertiary/aromatic N) is 4. The van der Waals surface area contributed by atoms with Crippen molar-refractivity contribution in [1.29, 1.82) is 5.41 Å². The fraction of sp³-hybridized carbons (Fsp3) is 0.429. The first-order chi connectivity index (χ1) is 15.5. The summed E-state index contributed by atoms with van der Waals surface area (Å²) in [6.07, 6.45) is 4.78. The van der Waals surface area contributed by atoms with E-state index >= 15 is 0 Å². The number of imidazole rings is 1. The van der Waals surface area contributed by atoms with Crippen molar-refractivity contribution in [2.75, 3.05) is 19.9 Å². The number of carbonyl (C=O) groups is 1. The number of likely N-dealkylation sites (tertiary alicyclic amines) is 1. The Morgan fingerprint density at radius 3 is 3.00 bits per heavy atom. The van der Waals surface area contributed by atoms with Crippen LogP contribution in [0.4, 0.5) is 0 Å². The minimum Gasteiger partial charge on any atom is -0.454 e. The van der Waals surface area contributed by atoms with E-state index in [0.29, 0.717) is 33.7 Å². The number of hydrogen-bond acceptors (Lipinski definition) is 7. The van der Waals surface area contributed by atoms with Gasteiger partial charge in [-0.1, -0.05) is 11.8 Å². The minimum atomic E-state index is 0.147. The number of nitrogens with one attached hydrogen (secondary N) is 2. The molecule has 0 aliphatic carbocycles. The number of aryl methyl sites for hydroxylation is 1. The van der Waals surface area contributed by atoms with Gasteiger partial charge in [0.15, 0.2) is 27.8 Å². The molecule has 1 aromatic carbocycles. The second kappa shape index (κ2) is 8.78. The van der Waals surface area contributed by atoms with Crippen LogP contribution in [-0.4, -0.2) is 50.2 Å². The molecule has 32 heavy (non-hydrogen) atoms. The Balaban J connectivity index is 1.36. The lowest BCUT2D eigenvalue weighted by atomic mass is 9.95. The van der Waals surface area contributed by atoms with E-state index in [1.165, 1.54) is 11.8 Å². The molecule has 1 atom stereocenters. The van der Waals surface area contributed by atoms with Gasteiger partial charge in [0.05, 0.1) is 6.33 Å². The van der Waals surface area contributed by atoms with Crippen molar-refractivity contribution in [1.82, 2.24) is 24.4 Å². The fourth-order valence-corrected chi connectivity index (χ4v) is 5.54. The SMILES string of the molecule is CC(=O)N1CCCC(CCn2cnc(=N)c3[nH]c(Sc4cc5c(cc4Br)OCO5)nc32)C1. The molecular weight excluding hydrogens is 496 g/mol. The summed E-state index contributed by atoms with van der Waals surface area (Å²) in [4.78, 5) is 26.8. The standard InChI is InChI=1S/C21H23BrN6O3S/c1-12(29)27-5-2-3-13(9-27)4-6-28-10-24-19(23)18-20(28)26-21(25-18)32-17-8-16-15(7-14(17)22)30-11-31-16/h7-8,10,13,23H,2-6,9,11H2,1H3,(H,25,26). The van der Waals surface area contributed by atoms with Crippen LogP contribution in [0.2, 0.25) is 0 Å². The summed E-state index contributed by atoms with van der Waals surface area (Å²) < 4.78 is 13.8. The minimum absolute atomic E-state index is 0.147. The number of benzene rings is 1. The molecule has 1 unspecified atom stereocenters. The maximum Gasteiger partial charge on any atom is 0.231 e. The van der Waals surface area contributed by atoms with Gasteiger partial charge in [-0.25, -0.2) is 9.97 Å². The topological polar surface area (TPSA) is 109 Å². The van der Waals surface area contributed by atoms with Crippen LogP contribution >= 0.6 is 27.7 Å². The van der Waals surface area contributed by atoms with E-state index in [2.05, 4.69) is 25.9 Å². The molecule has 0 bridgehead atoms. The smallest absolute Gasteiger partial charge is 0.231 e. The van der Waals surface area contributed by atoms with E-state index in [1.54, 1.807) is 13.3 Å². The molecule has 0 radical (unpaired) electrons. The molecule has 2 N–H and O–H groups in total. The molecule has 3 aromatic rings. The molecule has 9 nitrogen and oxygen atoms in total. The molecule has 1 amide bonds. The molecule has 1 fully saturated rings. The molecule has 2 aliphatic heterocycles. The van der Waals surface area contributed by atoms with Crippen LogP contribution in [0.15, 0.2) is 33.0 Å². The third kappa shape index (κ3) is 4.23. The van der Waals surface area contributed by atoms with Gasteiger partial charge in [-0.2, -0.15) is 0 Å². The van der Waals surface area contributed by atoms with Crippen LogP contribution in [0.25, 0.3) is 11.2 Å². The van der Waals surface area contributed by atoms with E-state index in [4.69, 9.17) is 19.9 Å². The molecule has 0 spiro atoms. The second-order valence-electron chi connectivity index (χ2n) is 8.03. The maximum atomic E-state index is 11.7. The van der Waals surface area contributed by atoms with E-state index in [0.717, 1.165) is 48.3 Å². The van der Waals surface area contributed by atoms with Crippen molar-refractivity contribution in [3.63, 3.8) is 0 Å². The van der Waals surface area contributed by atoms with Crippen LogP contribution in [0.3, 0.4) is 0 Å². The van der Waals surface area contributed by atoms with E-state index in [9.17, 15) is 4.79 Å². The average Bonchev–Trinajstić information content (AvgIpc) is 3.41. The van der Waals surface area contributed by atoms with E-state index < -0.39 is 0 Å². The van der Waals surface area contributed by atoms with Gasteiger partial charge < -0.3 is 23.9 Å². The van der Waals surface area contributed by atoms with Gasteiger partial charge in [-0.3, -0.25) is 10.2 Å². The van der Waals surface area contributed by atoms with Gasteiger partial charge in [-0.05, 0) is 53.2 Å². The Hall–Kier alpha value is -2.53. The van der Waals surface area contributed by atoms with Gasteiger partial charge in [-0.15, -0.1) is 0 Å². The van der Waals surface area contributed by atoms with Crippen LogP contribution in [0, 0.1) is 11.3 Å². The molecule has 2 aliphatic rings. The van der Waals surface area contributed by atoms with Crippen molar-refractivity contribution in [3.05, 3.63) is 28.4 Å².